The van der Waals surface area contributed by atoms with Crippen molar-refractivity contribution in [1.29, 1.82) is 0 Å². The maximum atomic E-state index is 15.3. The molecule has 0 atom stereocenters. The summed E-state index contributed by atoms with van der Waals surface area (Å²) < 4.78 is 67.6. The molecule has 0 bridgehead atoms. The van der Waals surface area contributed by atoms with Crippen molar-refractivity contribution in [2.24, 2.45) is 5.41 Å². The molecular weight excluding hydrogens is 530 g/mol. The predicted molar refractivity (Wildman–Crippen MR) is 146 cm³/mol. The van der Waals surface area contributed by atoms with E-state index in [0.717, 1.165) is 5.56 Å². The molecule has 0 saturated heterocycles. The van der Waals surface area contributed by atoms with Crippen molar-refractivity contribution < 1.29 is 30.4 Å². The summed E-state index contributed by atoms with van der Waals surface area (Å²) in [6.07, 6.45) is 0. The summed E-state index contributed by atoms with van der Waals surface area (Å²) >= 11 is 0. The summed E-state index contributed by atoms with van der Waals surface area (Å²) in [5.74, 6) is -0.949. The smallest absolute Gasteiger partial charge is 0.403 e. The SMILES string of the molecule is CC(C)(C)C(=O)OCC(F)(F)S(=O)(=O)OS(c1ccccc1)(c1ccccc1)c1ccc(C(C)(C)C)cc1. The van der Waals surface area contributed by atoms with Crippen molar-refractivity contribution in [2.45, 2.75) is 66.9 Å². The Balaban J connectivity index is 2.21. The van der Waals surface area contributed by atoms with Gasteiger partial charge in [0.2, 0.25) is 0 Å². The Morgan fingerprint density at radius 1 is 0.711 bits per heavy atom. The number of halogens is 2. The van der Waals surface area contributed by atoms with Crippen LogP contribution in [0.3, 0.4) is 0 Å². The first-order chi connectivity index (χ1) is 17.5. The zero-order chi connectivity index (χ0) is 28.4. The summed E-state index contributed by atoms with van der Waals surface area (Å²) in [6.45, 7) is 8.91. The van der Waals surface area contributed by atoms with E-state index in [1.165, 1.54) is 20.8 Å². The van der Waals surface area contributed by atoms with Gasteiger partial charge in [-0.1, -0.05) is 69.3 Å². The van der Waals surface area contributed by atoms with Crippen LogP contribution in [0.25, 0.3) is 0 Å². The van der Waals surface area contributed by atoms with Crippen molar-refractivity contribution in [2.75, 3.05) is 6.61 Å². The van der Waals surface area contributed by atoms with Crippen molar-refractivity contribution in [3.8, 4) is 0 Å². The second-order valence-corrected chi connectivity index (χ2v) is 15.5. The van der Waals surface area contributed by atoms with E-state index in [1.807, 2.05) is 32.9 Å². The monoisotopic (exact) mass is 564 g/mol. The highest BCUT2D eigenvalue weighted by Crippen LogP contribution is 2.70. The Bertz CT molecular complexity index is 1300. The topological polar surface area (TPSA) is 69.7 Å². The molecule has 0 aliphatic heterocycles. The molecule has 0 aliphatic rings. The van der Waals surface area contributed by atoms with Crippen LogP contribution in [0, 0.1) is 5.41 Å². The summed E-state index contributed by atoms with van der Waals surface area (Å²) in [5, 5.41) is -4.50. The molecule has 0 heterocycles. The van der Waals surface area contributed by atoms with Crippen molar-refractivity contribution in [1.82, 2.24) is 0 Å². The molecule has 3 rings (SSSR count). The van der Waals surface area contributed by atoms with Gasteiger partial charge in [-0.15, -0.1) is 0 Å². The molecule has 9 heteroatoms. The van der Waals surface area contributed by atoms with E-state index in [2.05, 4.69) is 0 Å². The minimum Gasteiger partial charge on any atom is -0.458 e. The van der Waals surface area contributed by atoms with Gasteiger partial charge in [-0.05, 0) is 78.5 Å². The van der Waals surface area contributed by atoms with Crippen molar-refractivity contribution in [3.63, 3.8) is 0 Å². The number of carbonyl (C=O) groups is 1. The third kappa shape index (κ3) is 6.27. The maximum Gasteiger partial charge on any atom is 0.403 e. The Labute approximate surface area is 225 Å². The molecule has 0 N–H and O–H groups in total. The van der Waals surface area contributed by atoms with Crippen LogP contribution >= 0.6 is 10.3 Å². The Morgan fingerprint density at radius 3 is 1.53 bits per heavy atom. The minimum absolute atomic E-state index is 0.188. The van der Waals surface area contributed by atoms with Crippen molar-refractivity contribution in [3.05, 3.63) is 90.5 Å². The van der Waals surface area contributed by atoms with E-state index in [0.29, 0.717) is 14.7 Å². The average molecular weight is 565 g/mol. The first-order valence-electron chi connectivity index (χ1n) is 12.1. The number of benzene rings is 3. The molecule has 0 aromatic heterocycles. The van der Waals surface area contributed by atoms with Gasteiger partial charge >= 0.3 is 21.3 Å². The lowest BCUT2D eigenvalue weighted by molar-refractivity contribution is -0.158. The average Bonchev–Trinajstić information content (AvgIpc) is 2.86. The molecule has 0 spiro atoms. The van der Waals surface area contributed by atoms with E-state index in [1.54, 1.807) is 72.8 Å². The molecule has 5 nitrogen and oxygen atoms in total. The number of hydrogen-bond acceptors (Lipinski definition) is 5. The van der Waals surface area contributed by atoms with Crippen LogP contribution in [0.4, 0.5) is 8.78 Å². The predicted octanol–water partition coefficient (Wildman–Crippen LogP) is 7.71. The van der Waals surface area contributed by atoms with Crippen LogP contribution < -0.4 is 0 Å². The standard InChI is InChI=1S/C29H34F2O5S2/c1-27(2,3)22-17-19-25(20-18-22)37(23-13-9-7-10-14-23,24-15-11-8-12-16-24)36-38(33,34)29(30,31)21-35-26(32)28(4,5)6/h7-20H,21H2,1-6H3. The van der Waals surface area contributed by atoms with E-state index < -0.39 is 43.7 Å². The van der Waals surface area contributed by atoms with Crippen LogP contribution in [0.2, 0.25) is 0 Å². The molecular formula is C29H34F2O5S2. The molecule has 38 heavy (non-hydrogen) atoms. The van der Waals surface area contributed by atoms with Gasteiger partial charge in [0, 0.05) is 14.7 Å². The summed E-state index contributed by atoms with van der Waals surface area (Å²) in [7, 11) is -8.83. The number of rotatable bonds is 8. The first-order valence-corrected chi connectivity index (χ1v) is 15.0. The molecule has 206 valence electrons. The second kappa shape index (κ2) is 10.8. The Kier molecular flexibility index (Phi) is 8.46. The normalized spacial score (nSPS) is 13.7. The van der Waals surface area contributed by atoms with Crippen LogP contribution in [0.1, 0.15) is 47.1 Å². The number of carbonyl (C=O) groups excluding carboxylic acids is 1. The Hall–Kier alpha value is -2.75. The van der Waals surface area contributed by atoms with Crippen molar-refractivity contribution >= 4 is 26.4 Å². The number of alkyl halides is 2. The number of esters is 1. The summed E-state index contributed by atoms with van der Waals surface area (Å²) in [5.41, 5.74) is -0.288. The largest absolute Gasteiger partial charge is 0.458 e. The fourth-order valence-corrected chi connectivity index (χ4v) is 8.56. The highest BCUT2D eigenvalue weighted by molar-refractivity contribution is 8.33. The van der Waals surface area contributed by atoms with Crippen LogP contribution in [-0.2, 0) is 28.7 Å². The van der Waals surface area contributed by atoms with Gasteiger partial charge in [0.1, 0.15) is 0 Å². The van der Waals surface area contributed by atoms with Gasteiger partial charge < -0.3 is 4.74 Å². The summed E-state index contributed by atoms with van der Waals surface area (Å²) in [6, 6.07) is 24.1. The minimum atomic E-state index is -5.62. The lowest BCUT2D eigenvalue weighted by Crippen LogP contribution is -2.38. The van der Waals surface area contributed by atoms with Gasteiger partial charge in [0.25, 0.3) is 0 Å². The zero-order valence-corrected chi connectivity index (χ0v) is 24.0. The molecule has 0 aliphatic carbocycles. The maximum absolute atomic E-state index is 15.3. The molecule has 0 amide bonds. The fraction of sp³-hybridized carbons (Fsp3) is 0.345. The van der Waals surface area contributed by atoms with Crippen LogP contribution in [-0.4, -0.2) is 26.2 Å². The second-order valence-electron chi connectivity index (χ2n) is 10.9. The molecule has 0 radical (unpaired) electrons. The lowest BCUT2D eigenvalue weighted by atomic mass is 9.87. The summed E-state index contributed by atoms with van der Waals surface area (Å²) in [4.78, 5) is 13.4. The highest BCUT2D eigenvalue weighted by Gasteiger charge is 2.53. The number of hydrogen-bond donors (Lipinski definition) is 0. The van der Waals surface area contributed by atoms with E-state index >= 15 is 8.78 Å². The molecule has 3 aromatic rings. The zero-order valence-electron chi connectivity index (χ0n) is 22.4. The van der Waals surface area contributed by atoms with E-state index in [4.69, 9.17) is 8.37 Å². The Morgan fingerprint density at radius 2 is 1.13 bits per heavy atom. The van der Waals surface area contributed by atoms with E-state index in [-0.39, 0.29) is 5.41 Å². The number of ether oxygens (including phenoxy) is 1. The van der Waals surface area contributed by atoms with Crippen LogP contribution in [0.5, 0.6) is 0 Å². The van der Waals surface area contributed by atoms with E-state index in [9.17, 15) is 13.2 Å². The third-order valence-electron chi connectivity index (χ3n) is 5.74. The fourth-order valence-electron chi connectivity index (χ4n) is 3.52. The van der Waals surface area contributed by atoms with Gasteiger partial charge in [-0.25, -0.2) is 3.63 Å². The highest BCUT2D eigenvalue weighted by atomic mass is 32.3. The van der Waals surface area contributed by atoms with Gasteiger partial charge in [-0.2, -0.15) is 17.2 Å². The van der Waals surface area contributed by atoms with Crippen LogP contribution in [0.15, 0.2) is 99.6 Å². The molecule has 0 fully saturated rings. The molecule has 0 unspecified atom stereocenters. The van der Waals surface area contributed by atoms with Gasteiger partial charge in [0.05, 0.1) is 5.41 Å². The third-order valence-corrected chi connectivity index (χ3v) is 10.9. The first kappa shape index (κ1) is 29.8. The lowest BCUT2D eigenvalue weighted by Gasteiger charge is -2.40. The molecule has 3 aromatic carbocycles. The molecule has 0 saturated carbocycles. The quantitative estimate of drug-likeness (QED) is 0.262. The van der Waals surface area contributed by atoms with Gasteiger partial charge in [-0.3, -0.25) is 4.79 Å². The van der Waals surface area contributed by atoms with Gasteiger partial charge in [0.15, 0.2) is 6.61 Å².